The van der Waals surface area contributed by atoms with Crippen LogP contribution in [0.1, 0.15) is 20.7 Å². The van der Waals surface area contributed by atoms with E-state index in [-0.39, 0.29) is 33.6 Å². The van der Waals surface area contributed by atoms with Crippen molar-refractivity contribution in [3.8, 4) is 0 Å². The molecule has 4 N–H and O–H groups in total. The van der Waals surface area contributed by atoms with Crippen LogP contribution in [-0.4, -0.2) is 22.9 Å². The van der Waals surface area contributed by atoms with Gasteiger partial charge in [-0.1, -0.05) is 18.2 Å². The number of hydrogen-bond donors (Lipinski definition) is 0. The third kappa shape index (κ3) is 6.20. The monoisotopic (exact) mass is 332 g/mol. The molecule has 21 heavy (non-hydrogen) atoms. The Morgan fingerprint density at radius 2 is 1.52 bits per heavy atom. The molecule has 0 radical (unpaired) electrons. The molecule has 6 nitrogen and oxygen atoms in total. The molecule has 2 aromatic rings. The van der Waals surface area contributed by atoms with Gasteiger partial charge in [-0.15, -0.1) is 0 Å². The average Bonchev–Trinajstić information content (AvgIpc) is 2.46. The van der Waals surface area contributed by atoms with Crippen LogP contribution in [0.2, 0.25) is 0 Å². The second-order valence-corrected chi connectivity index (χ2v) is 3.31. The quantitative estimate of drug-likeness (QED) is 0.346. The van der Waals surface area contributed by atoms with E-state index in [1.54, 1.807) is 30.3 Å². The molecule has 2 aromatic carbocycles. The fourth-order valence-electron chi connectivity index (χ4n) is 1.22. The van der Waals surface area contributed by atoms with Gasteiger partial charge in [0.2, 0.25) is 5.97 Å². The maximum absolute atomic E-state index is 11.5. The first-order chi connectivity index (χ1) is 8.77. The predicted molar refractivity (Wildman–Crippen MR) is 68.6 cm³/mol. The summed E-state index contributed by atoms with van der Waals surface area (Å²) in [5.74, 6) is -1.51. The van der Waals surface area contributed by atoms with E-state index in [1.165, 1.54) is 18.2 Å². The smallest absolute Gasteiger partial charge is 0.412 e. The Morgan fingerprint density at radius 1 is 0.905 bits per heavy atom. The van der Waals surface area contributed by atoms with Gasteiger partial charge in [-0.05, 0) is 12.1 Å². The summed E-state index contributed by atoms with van der Waals surface area (Å²) < 4.78 is 0. The van der Waals surface area contributed by atoms with Crippen LogP contribution in [0.15, 0.2) is 48.5 Å². The summed E-state index contributed by atoms with van der Waals surface area (Å²) >= 11 is 0. The third-order valence-electron chi connectivity index (χ3n) is 2.08. The summed E-state index contributed by atoms with van der Waals surface area (Å²) in [7, 11) is 0. The zero-order valence-electron chi connectivity index (χ0n) is 10.6. The summed E-state index contributed by atoms with van der Waals surface area (Å²) in [6, 6.07) is 18.0. The van der Waals surface area contributed by atoms with Gasteiger partial charge in [0.1, 0.15) is 0 Å². The number of benzene rings is 2. The van der Waals surface area contributed by atoms with Crippen molar-refractivity contribution < 1.29 is 47.4 Å². The van der Waals surface area contributed by atoms with E-state index in [9.17, 15) is 9.59 Å². The molecule has 0 unspecified atom stereocenters. The van der Waals surface area contributed by atoms with E-state index in [2.05, 4.69) is 21.9 Å². The van der Waals surface area contributed by atoms with Crippen molar-refractivity contribution in [3.05, 3.63) is 71.8 Å². The van der Waals surface area contributed by atoms with Gasteiger partial charge >= 0.3 is 23.0 Å². The largest absolute Gasteiger partial charge is 2.00 e. The van der Waals surface area contributed by atoms with Crippen LogP contribution in [-0.2, 0) is 26.8 Å². The molecule has 0 bridgehead atoms. The first-order valence-corrected chi connectivity index (χ1v) is 5.13. The molecule has 0 spiro atoms. The minimum atomic E-state index is -0.784. The molecule has 0 heterocycles. The number of hydrogen-bond acceptors (Lipinski definition) is 4. The van der Waals surface area contributed by atoms with Crippen LogP contribution in [0.5, 0.6) is 0 Å². The fraction of sp³-hybridized carbons (Fsp3) is 0. The third-order valence-corrected chi connectivity index (χ3v) is 2.08. The Morgan fingerprint density at radius 3 is 2.10 bits per heavy atom. The van der Waals surface area contributed by atoms with E-state index < -0.39 is 11.9 Å². The molecule has 112 valence electrons. The molecule has 0 aliphatic rings. The Labute approximate surface area is 131 Å². The molecule has 0 amide bonds. The summed E-state index contributed by atoms with van der Waals surface area (Å²) in [4.78, 5) is 31.7. The van der Waals surface area contributed by atoms with Crippen LogP contribution in [0.25, 0.3) is 0 Å². The van der Waals surface area contributed by atoms with Crippen LogP contribution in [0, 0.1) is 12.1 Å². The standard InChI is InChI=1S/C14H8O4.Fe.2H2O/c15-13(11-7-3-1-4-8-11)17-18-14(16)12-9-5-2-6-10-12;;;/h1,3-9H;;2*1H2/q-2;+2;;. The van der Waals surface area contributed by atoms with Crippen molar-refractivity contribution >= 4 is 11.9 Å². The van der Waals surface area contributed by atoms with Crippen LogP contribution < -0.4 is 0 Å². The van der Waals surface area contributed by atoms with Gasteiger partial charge in [0.15, 0.2) is 0 Å². The Hall–Kier alpha value is -2.18. The molecule has 0 aliphatic heterocycles. The van der Waals surface area contributed by atoms with Gasteiger partial charge in [0, 0.05) is 0 Å². The molecule has 0 saturated carbocycles. The Kier molecular flexibility index (Phi) is 10.7. The van der Waals surface area contributed by atoms with Gasteiger partial charge in [-0.2, -0.15) is 5.56 Å². The average molecular weight is 332 g/mol. The SMILES string of the molecule is O.O.O=C(OOC(=O)c1ccccc1)c1[c-]c[c-]cc1.[Fe+2]. The topological polar surface area (TPSA) is 116 Å². The van der Waals surface area contributed by atoms with Crippen molar-refractivity contribution in [1.29, 1.82) is 0 Å². The molecule has 0 aromatic heterocycles. The molecule has 0 fully saturated rings. The normalized spacial score (nSPS) is 8.19. The molecule has 0 atom stereocenters. The van der Waals surface area contributed by atoms with Crippen LogP contribution in [0.3, 0.4) is 0 Å². The fourth-order valence-corrected chi connectivity index (χ4v) is 1.22. The number of rotatable bonds is 2. The predicted octanol–water partition coefficient (Wildman–Crippen LogP) is 0.564. The van der Waals surface area contributed by atoms with E-state index >= 15 is 0 Å². The van der Waals surface area contributed by atoms with Gasteiger partial charge in [-0.25, -0.2) is 23.0 Å². The summed E-state index contributed by atoms with van der Waals surface area (Å²) in [5, 5.41) is 0. The van der Waals surface area contributed by atoms with Crippen LogP contribution >= 0.6 is 0 Å². The second-order valence-electron chi connectivity index (χ2n) is 3.31. The van der Waals surface area contributed by atoms with E-state index in [1.807, 2.05) is 0 Å². The molecule has 2 rings (SSSR count). The zero-order chi connectivity index (χ0) is 12.8. The molecule has 0 saturated heterocycles. The maximum Gasteiger partial charge on any atom is 2.00 e. The minimum Gasteiger partial charge on any atom is -0.412 e. The summed E-state index contributed by atoms with van der Waals surface area (Å²) in [6.45, 7) is 0. The van der Waals surface area contributed by atoms with E-state index in [0.717, 1.165) is 0 Å². The summed E-state index contributed by atoms with van der Waals surface area (Å²) in [5.41, 5.74) is 0.463. The zero-order valence-corrected chi connectivity index (χ0v) is 11.7. The van der Waals surface area contributed by atoms with Gasteiger partial charge in [0.25, 0.3) is 0 Å². The molecular formula is C14H12FeO6. The van der Waals surface area contributed by atoms with E-state index in [0.29, 0.717) is 5.56 Å². The van der Waals surface area contributed by atoms with Crippen molar-refractivity contribution in [3.63, 3.8) is 0 Å². The number of carbonyl (C=O) groups is 2. The van der Waals surface area contributed by atoms with Gasteiger partial charge in [0.05, 0.1) is 5.56 Å². The maximum atomic E-state index is 11.5. The van der Waals surface area contributed by atoms with Gasteiger partial charge in [-0.3, -0.25) is 17.0 Å². The minimum absolute atomic E-state index is 0. The summed E-state index contributed by atoms with van der Waals surface area (Å²) in [6.07, 6.45) is 0. The van der Waals surface area contributed by atoms with Gasteiger partial charge < -0.3 is 20.6 Å². The van der Waals surface area contributed by atoms with Crippen LogP contribution in [0.4, 0.5) is 0 Å². The first kappa shape index (κ1) is 21.1. The second kappa shape index (κ2) is 10.6. The van der Waals surface area contributed by atoms with Crippen molar-refractivity contribution in [1.82, 2.24) is 0 Å². The van der Waals surface area contributed by atoms with Crippen molar-refractivity contribution in [2.75, 3.05) is 0 Å². The number of carbonyl (C=O) groups excluding carboxylic acids is 2. The molecular weight excluding hydrogens is 320 g/mol. The van der Waals surface area contributed by atoms with E-state index in [4.69, 9.17) is 0 Å². The molecule has 7 heteroatoms. The first-order valence-electron chi connectivity index (χ1n) is 5.13. The van der Waals surface area contributed by atoms with Crippen molar-refractivity contribution in [2.45, 2.75) is 0 Å². The molecule has 0 aliphatic carbocycles. The van der Waals surface area contributed by atoms with Crippen molar-refractivity contribution in [2.24, 2.45) is 0 Å². The Balaban J connectivity index is 0. The Bertz CT molecular complexity index is 492.